The summed E-state index contributed by atoms with van der Waals surface area (Å²) >= 11 is 0. The lowest BCUT2D eigenvalue weighted by atomic mass is 10.1. The fourth-order valence-electron chi connectivity index (χ4n) is 2.23. The van der Waals surface area contributed by atoms with E-state index in [0.717, 1.165) is 17.0 Å². The summed E-state index contributed by atoms with van der Waals surface area (Å²) in [7, 11) is 0. The van der Waals surface area contributed by atoms with Gasteiger partial charge in [-0.2, -0.15) is 5.26 Å². The van der Waals surface area contributed by atoms with Crippen molar-refractivity contribution < 1.29 is 4.74 Å². The number of hydrogen-bond acceptors (Lipinski definition) is 3. The summed E-state index contributed by atoms with van der Waals surface area (Å²) in [5.74, 6) is 0.766. The number of aromatic nitrogens is 1. The molecule has 0 unspecified atom stereocenters. The lowest BCUT2D eigenvalue weighted by Crippen LogP contribution is -2.23. The molecule has 0 aliphatic carbocycles. The fraction of sp³-hybridized carbons (Fsp3) is 0.294. The largest absolute Gasteiger partial charge is 0.491 e. The molecular weight excluding hydrogens is 264 g/mol. The Bertz CT molecular complexity index is 739. The summed E-state index contributed by atoms with van der Waals surface area (Å²) < 4.78 is 7.29. The molecule has 0 fully saturated rings. The fourth-order valence-corrected chi connectivity index (χ4v) is 2.23. The Hall–Kier alpha value is -2.54. The second-order valence-electron chi connectivity index (χ2n) is 4.99. The third kappa shape index (κ3) is 3.14. The van der Waals surface area contributed by atoms with Crippen LogP contribution in [0.25, 0.3) is 11.3 Å². The Morgan fingerprint density at radius 1 is 1.29 bits per heavy atom. The molecule has 0 saturated heterocycles. The zero-order valence-corrected chi connectivity index (χ0v) is 12.5. The van der Waals surface area contributed by atoms with E-state index in [1.165, 1.54) is 0 Å². The first-order valence-electron chi connectivity index (χ1n) is 6.97. The van der Waals surface area contributed by atoms with E-state index < -0.39 is 0 Å². The number of nitriles is 1. The molecule has 4 heteroatoms. The smallest absolute Gasteiger partial charge is 0.268 e. The minimum Gasteiger partial charge on any atom is -0.491 e. The first-order valence-corrected chi connectivity index (χ1v) is 6.97. The molecule has 2 aromatic rings. The lowest BCUT2D eigenvalue weighted by molar-refractivity contribution is 0.242. The van der Waals surface area contributed by atoms with Crippen molar-refractivity contribution in [3.8, 4) is 23.1 Å². The normalized spacial score (nSPS) is 10.4. The van der Waals surface area contributed by atoms with E-state index in [1.54, 1.807) is 16.7 Å². The molecule has 0 radical (unpaired) electrons. The zero-order chi connectivity index (χ0) is 15.4. The Kier molecular flexibility index (Phi) is 4.44. The lowest BCUT2D eigenvalue weighted by Gasteiger charge is -2.14. The van der Waals surface area contributed by atoms with Gasteiger partial charge in [0.2, 0.25) is 0 Å². The van der Waals surface area contributed by atoms with E-state index in [9.17, 15) is 4.79 Å². The van der Waals surface area contributed by atoms with Gasteiger partial charge in [-0.25, -0.2) is 0 Å². The van der Waals surface area contributed by atoms with Crippen LogP contribution in [-0.4, -0.2) is 10.7 Å². The van der Waals surface area contributed by atoms with Gasteiger partial charge in [-0.15, -0.1) is 0 Å². The number of nitrogens with zero attached hydrogens (tertiary/aromatic N) is 2. The first kappa shape index (κ1) is 14.9. The molecule has 0 N–H and O–H groups in total. The van der Waals surface area contributed by atoms with Crippen molar-refractivity contribution in [2.24, 2.45) is 0 Å². The summed E-state index contributed by atoms with van der Waals surface area (Å²) in [6, 6.07) is 12.9. The molecule has 2 rings (SSSR count). The highest BCUT2D eigenvalue weighted by Crippen LogP contribution is 2.24. The van der Waals surface area contributed by atoms with Gasteiger partial charge in [0.1, 0.15) is 17.4 Å². The molecule has 0 amide bonds. The first-order chi connectivity index (χ1) is 10.1. The van der Waals surface area contributed by atoms with Crippen LogP contribution < -0.4 is 10.3 Å². The van der Waals surface area contributed by atoms with Gasteiger partial charge in [-0.05, 0) is 45.0 Å². The van der Waals surface area contributed by atoms with Crippen LogP contribution in [0, 0.1) is 11.3 Å². The molecule has 1 aromatic carbocycles. The van der Waals surface area contributed by atoms with Gasteiger partial charge in [0.25, 0.3) is 5.56 Å². The van der Waals surface area contributed by atoms with E-state index in [2.05, 4.69) is 0 Å². The average Bonchev–Trinajstić information content (AvgIpc) is 2.46. The molecule has 0 saturated carbocycles. The van der Waals surface area contributed by atoms with Crippen LogP contribution in [0.4, 0.5) is 0 Å². The van der Waals surface area contributed by atoms with Crippen molar-refractivity contribution in [2.45, 2.75) is 33.4 Å². The molecule has 108 valence electrons. The second kappa shape index (κ2) is 6.27. The monoisotopic (exact) mass is 282 g/mol. The van der Waals surface area contributed by atoms with Crippen LogP contribution in [-0.2, 0) is 6.54 Å². The minimum atomic E-state index is -0.257. The summed E-state index contributed by atoms with van der Waals surface area (Å²) in [6.45, 7) is 6.34. The third-order valence-electron chi connectivity index (χ3n) is 3.11. The van der Waals surface area contributed by atoms with Gasteiger partial charge < -0.3 is 9.30 Å². The number of ether oxygens (including phenoxy) is 1. The van der Waals surface area contributed by atoms with Crippen LogP contribution in [0.3, 0.4) is 0 Å². The van der Waals surface area contributed by atoms with Gasteiger partial charge in [0.15, 0.2) is 0 Å². The Labute approximate surface area is 124 Å². The molecule has 0 bridgehead atoms. The number of benzene rings is 1. The van der Waals surface area contributed by atoms with Gasteiger partial charge in [0.05, 0.1) is 11.8 Å². The van der Waals surface area contributed by atoms with Crippen LogP contribution in [0.2, 0.25) is 0 Å². The number of pyridine rings is 1. The summed E-state index contributed by atoms with van der Waals surface area (Å²) in [5.41, 5.74) is 1.59. The number of rotatable bonds is 4. The van der Waals surface area contributed by atoms with Crippen LogP contribution >= 0.6 is 0 Å². The standard InChI is InChI=1S/C17H18N2O2/c1-4-19-16(9-8-14(11-18)17(19)20)13-6-5-7-15(10-13)21-12(2)3/h5-10,12H,4H2,1-3H3. The maximum Gasteiger partial charge on any atom is 0.268 e. The van der Waals surface area contributed by atoms with E-state index in [1.807, 2.05) is 51.1 Å². The van der Waals surface area contributed by atoms with E-state index >= 15 is 0 Å². The van der Waals surface area contributed by atoms with Crippen molar-refractivity contribution in [2.75, 3.05) is 0 Å². The Morgan fingerprint density at radius 2 is 2.05 bits per heavy atom. The average molecular weight is 282 g/mol. The van der Waals surface area contributed by atoms with Crippen LogP contribution in [0.5, 0.6) is 5.75 Å². The van der Waals surface area contributed by atoms with E-state index in [0.29, 0.717) is 6.54 Å². The van der Waals surface area contributed by atoms with Crippen molar-refractivity contribution >= 4 is 0 Å². The van der Waals surface area contributed by atoms with Crippen molar-refractivity contribution in [3.05, 3.63) is 52.3 Å². The summed E-state index contributed by atoms with van der Waals surface area (Å²) in [6.07, 6.45) is 0.0922. The summed E-state index contributed by atoms with van der Waals surface area (Å²) in [4.78, 5) is 12.2. The zero-order valence-electron chi connectivity index (χ0n) is 12.5. The predicted octanol–water partition coefficient (Wildman–Crippen LogP) is 3.19. The third-order valence-corrected chi connectivity index (χ3v) is 3.11. The molecule has 0 aliphatic heterocycles. The van der Waals surface area contributed by atoms with Crippen molar-refractivity contribution in [3.63, 3.8) is 0 Å². The topological polar surface area (TPSA) is 55.0 Å². The predicted molar refractivity (Wildman–Crippen MR) is 82.3 cm³/mol. The Balaban J connectivity index is 2.55. The maximum absolute atomic E-state index is 12.2. The van der Waals surface area contributed by atoms with E-state index in [4.69, 9.17) is 10.00 Å². The van der Waals surface area contributed by atoms with Crippen LogP contribution in [0.1, 0.15) is 26.3 Å². The molecule has 0 atom stereocenters. The quantitative estimate of drug-likeness (QED) is 0.865. The van der Waals surface area contributed by atoms with Gasteiger partial charge in [-0.1, -0.05) is 12.1 Å². The number of hydrogen-bond donors (Lipinski definition) is 0. The van der Waals surface area contributed by atoms with Gasteiger partial charge in [0, 0.05) is 12.1 Å². The van der Waals surface area contributed by atoms with E-state index in [-0.39, 0.29) is 17.2 Å². The highest BCUT2D eigenvalue weighted by atomic mass is 16.5. The van der Waals surface area contributed by atoms with Gasteiger partial charge >= 0.3 is 0 Å². The SMILES string of the molecule is CCn1c(-c2cccc(OC(C)C)c2)ccc(C#N)c1=O. The molecule has 0 spiro atoms. The molecule has 4 nitrogen and oxygen atoms in total. The summed E-state index contributed by atoms with van der Waals surface area (Å²) in [5, 5.41) is 8.96. The molecule has 1 heterocycles. The maximum atomic E-state index is 12.2. The van der Waals surface area contributed by atoms with Gasteiger partial charge in [-0.3, -0.25) is 4.79 Å². The minimum absolute atomic E-state index is 0.0922. The Morgan fingerprint density at radius 3 is 2.67 bits per heavy atom. The van der Waals surface area contributed by atoms with Crippen molar-refractivity contribution in [1.82, 2.24) is 4.57 Å². The molecule has 21 heavy (non-hydrogen) atoms. The van der Waals surface area contributed by atoms with Crippen LogP contribution in [0.15, 0.2) is 41.2 Å². The van der Waals surface area contributed by atoms with Crippen molar-refractivity contribution in [1.29, 1.82) is 5.26 Å². The highest BCUT2D eigenvalue weighted by Gasteiger charge is 2.10. The molecular formula is C17H18N2O2. The molecule has 0 aliphatic rings. The molecule has 1 aromatic heterocycles. The second-order valence-corrected chi connectivity index (χ2v) is 4.99. The highest BCUT2D eigenvalue weighted by molar-refractivity contribution is 5.62.